The van der Waals surface area contributed by atoms with Crippen LogP contribution in [0.3, 0.4) is 0 Å². The lowest BCUT2D eigenvalue weighted by atomic mass is 9.78. The maximum Gasteiger partial charge on any atom is 0.178 e. The van der Waals surface area contributed by atoms with Crippen LogP contribution < -0.4 is 0 Å². The summed E-state index contributed by atoms with van der Waals surface area (Å²) in [6.07, 6.45) is 1.33. The normalized spacial score (nSPS) is 27.7. The van der Waals surface area contributed by atoms with Crippen LogP contribution in [0.25, 0.3) is 11.3 Å². The number of aromatic nitrogens is 6. The number of methoxy groups -OCH3 is 1. The van der Waals surface area contributed by atoms with Gasteiger partial charge in [0.15, 0.2) is 11.6 Å². The quantitative estimate of drug-likeness (QED) is 0.387. The van der Waals surface area contributed by atoms with Crippen LogP contribution in [-0.2, 0) is 21.6 Å². The summed E-state index contributed by atoms with van der Waals surface area (Å²) < 4.78 is 42.8. The molecule has 5 atom stereocenters. The Labute approximate surface area is 209 Å². The largest absolute Gasteiger partial charge is 0.394 e. The molecule has 1 aromatic carbocycles. The van der Waals surface area contributed by atoms with Gasteiger partial charge in [0, 0.05) is 12.7 Å². The monoisotopic (exact) mass is 526 g/mol. The number of nitrogens with zero attached hydrogens (tertiary/aromatic N) is 6. The van der Waals surface area contributed by atoms with Crippen molar-refractivity contribution >= 4 is 11.6 Å². The van der Waals surface area contributed by atoms with Crippen LogP contribution in [-0.4, -0.2) is 83.4 Å². The number of halogens is 3. The van der Waals surface area contributed by atoms with Crippen LogP contribution in [0, 0.1) is 11.6 Å². The lowest BCUT2D eigenvalue weighted by Gasteiger charge is -2.43. The van der Waals surface area contributed by atoms with Crippen LogP contribution in [0.15, 0.2) is 24.5 Å². The van der Waals surface area contributed by atoms with Gasteiger partial charge in [-0.25, -0.2) is 18.1 Å². The van der Waals surface area contributed by atoms with E-state index < -0.39 is 54.3 Å². The summed E-state index contributed by atoms with van der Waals surface area (Å²) in [6, 6.07) is 1.59. The Bertz CT molecular complexity index is 1240. The molecule has 0 bridgehead atoms. The van der Waals surface area contributed by atoms with Crippen molar-refractivity contribution in [3.8, 4) is 11.3 Å². The molecule has 1 aliphatic carbocycles. The maximum absolute atomic E-state index is 14.5. The number of hydrogen-bond donors (Lipinski definition) is 3. The molecule has 3 aromatic rings. The van der Waals surface area contributed by atoms with E-state index in [0.29, 0.717) is 18.5 Å². The van der Waals surface area contributed by atoms with Gasteiger partial charge in [0.2, 0.25) is 0 Å². The number of aliphatic hydroxyl groups is 3. The average molecular weight is 527 g/mol. The zero-order valence-electron chi connectivity index (χ0n) is 19.2. The molecule has 3 N–H and O–H groups in total. The van der Waals surface area contributed by atoms with Crippen molar-refractivity contribution in [3.63, 3.8) is 0 Å². The summed E-state index contributed by atoms with van der Waals surface area (Å²) >= 11 is 5.64. The Morgan fingerprint density at radius 3 is 2.61 bits per heavy atom. The third-order valence-corrected chi connectivity index (χ3v) is 7.22. The fraction of sp³-hybridized carbons (Fsp3) is 0.545. The summed E-state index contributed by atoms with van der Waals surface area (Å²) in [6.45, 7) is -0.356. The molecule has 2 fully saturated rings. The number of hydrogen-bond acceptors (Lipinski definition) is 9. The molecular formula is C22H25ClF2N6O5. The van der Waals surface area contributed by atoms with Gasteiger partial charge in [-0.3, -0.25) is 0 Å². The predicted octanol–water partition coefficient (Wildman–Crippen LogP) is 1.22. The minimum atomic E-state index is -1.26. The van der Waals surface area contributed by atoms with Crippen LogP contribution in [0.2, 0.25) is 5.02 Å². The standard InChI is InChI=1S/C22H25ClF2N6O5/c1-35-21-14(8-30-9-16(27-28-30)22(34)5-2-6-22)36-15(10-32)20(33)19(21)31-7-13(26-29-31)11-3-4-12(23)18(25)17(11)24/h3-4,7,9,14-15,19-21,32-34H,2,5-6,8,10H2,1H3/t14-,15-,19+,20+,21+/m1/s1. The van der Waals surface area contributed by atoms with Gasteiger partial charge in [0.1, 0.15) is 47.4 Å². The van der Waals surface area contributed by atoms with E-state index >= 15 is 0 Å². The fourth-order valence-electron chi connectivity index (χ4n) is 4.74. The second-order valence-corrected chi connectivity index (χ2v) is 9.50. The molecule has 36 heavy (non-hydrogen) atoms. The van der Waals surface area contributed by atoms with E-state index in [0.717, 1.165) is 6.42 Å². The highest BCUT2D eigenvalue weighted by molar-refractivity contribution is 6.30. The zero-order valence-corrected chi connectivity index (χ0v) is 20.0. The molecule has 11 nitrogen and oxygen atoms in total. The number of benzene rings is 1. The minimum Gasteiger partial charge on any atom is -0.394 e. The average Bonchev–Trinajstić information content (AvgIpc) is 3.52. The lowest BCUT2D eigenvalue weighted by molar-refractivity contribution is -0.216. The van der Waals surface area contributed by atoms with Crippen molar-refractivity contribution in [2.75, 3.05) is 13.7 Å². The van der Waals surface area contributed by atoms with Crippen LogP contribution in [0.4, 0.5) is 8.78 Å². The van der Waals surface area contributed by atoms with Gasteiger partial charge < -0.3 is 24.8 Å². The number of ether oxygens (including phenoxy) is 2. The van der Waals surface area contributed by atoms with Crippen LogP contribution in [0.5, 0.6) is 0 Å². The molecule has 2 aliphatic rings. The third-order valence-electron chi connectivity index (χ3n) is 6.93. The molecule has 3 heterocycles. The van der Waals surface area contributed by atoms with Gasteiger partial charge in [-0.2, -0.15) is 0 Å². The van der Waals surface area contributed by atoms with Gasteiger partial charge in [-0.1, -0.05) is 22.0 Å². The van der Waals surface area contributed by atoms with Crippen molar-refractivity contribution in [1.82, 2.24) is 30.0 Å². The Balaban J connectivity index is 1.43. The highest BCUT2D eigenvalue weighted by Crippen LogP contribution is 2.40. The van der Waals surface area contributed by atoms with Crippen molar-refractivity contribution in [2.24, 2.45) is 0 Å². The fourth-order valence-corrected chi connectivity index (χ4v) is 4.88. The minimum absolute atomic E-state index is 0.0170. The van der Waals surface area contributed by atoms with Crippen LogP contribution >= 0.6 is 11.6 Å². The molecule has 0 radical (unpaired) electrons. The van der Waals surface area contributed by atoms with E-state index in [9.17, 15) is 24.1 Å². The SMILES string of the molecule is CO[C@@H]1[C@@H](n2cc(-c3ccc(Cl)c(F)c3F)nn2)[C@@H](O)[C@@H](CO)O[C@@H]1Cn1cc(C2(O)CCC2)nn1. The smallest absolute Gasteiger partial charge is 0.178 e. The van der Waals surface area contributed by atoms with E-state index in [1.54, 1.807) is 6.20 Å². The van der Waals surface area contributed by atoms with Gasteiger partial charge >= 0.3 is 0 Å². The maximum atomic E-state index is 14.5. The molecule has 14 heteroatoms. The second kappa shape index (κ2) is 9.72. The van der Waals surface area contributed by atoms with Gasteiger partial charge in [-0.05, 0) is 31.4 Å². The van der Waals surface area contributed by atoms with Gasteiger partial charge in [0.05, 0.1) is 30.6 Å². The van der Waals surface area contributed by atoms with E-state index in [1.165, 1.54) is 34.8 Å². The Hall–Kier alpha value is -2.55. The van der Waals surface area contributed by atoms with E-state index in [4.69, 9.17) is 21.1 Å². The van der Waals surface area contributed by atoms with Gasteiger partial charge in [0.25, 0.3) is 0 Å². The number of aliphatic hydroxyl groups excluding tert-OH is 2. The molecule has 1 saturated carbocycles. The summed E-state index contributed by atoms with van der Waals surface area (Å²) in [5, 5.41) is 47.1. The summed E-state index contributed by atoms with van der Waals surface area (Å²) in [5.74, 6) is -2.38. The summed E-state index contributed by atoms with van der Waals surface area (Å²) in [7, 11) is 1.43. The molecule has 194 valence electrons. The van der Waals surface area contributed by atoms with Crippen molar-refractivity contribution in [1.29, 1.82) is 0 Å². The molecular weight excluding hydrogens is 502 g/mol. The number of rotatable bonds is 7. The van der Waals surface area contributed by atoms with Crippen molar-refractivity contribution in [2.45, 2.75) is 61.9 Å². The molecule has 2 aromatic heterocycles. The first-order valence-electron chi connectivity index (χ1n) is 11.4. The first-order valence-corrected chi connectivity index (χ1v) is 11.8. The molecule has 0 amide bonds. The Kier molecular flexibility index (Phi) is 6.78. The van der Waals surface area contributed by atoms with Gasteiger partial charge in [-0.15, -0.1) is 10.2 Å². The molecule has 0 spiro atoms. The Morgan fingerprint density at radius 2 is 1.94 bits per heavy atom. The van der Waals surface area contributed by atoms with E-state index in [-0.39, 0.29) is 22.8 Å². The molecule has 1 saturated heterocycles. The summed E-state index contributed by atoms with van der Waals surface area (Å²) in [5.41, 5.74) is -0.653. The van der Waals surface area contributed by atoms with Crippen LogP contribution in [0.1, 0.15) is 31.0 Å². The molecule has 0 unspecified atom stereocenters. The van der Waals surface area contributed by atoms with E-state index in [2.05, 4.69) is 20.6 Å². The highest BCUT2D eigenvalue weighted by atomic mass is 35.5. The second-order valence-electron chi connectivity index (χ2n) is 9.09. The van der Waals surface area contributed by atoms with Crippen molar-refractivity contribution in [3.05, 3.63) is 46.9 Å². The first-order chi connectivity index (χ1) is 17.3. The lowest BCUT2D eigenvalue weighted by Crippen LogP contribution is -2.57. The molecule has 5 rings (SSSR count). The van der Waals surface area contributed by atoms with E-state index in [1.807, 2.05) is 0 Å². The topological polar surface area (TPSA) is 141 Å². The predicted molar refractivity (Wildman–Crippen MR) is 120 cm³/mol. The molecule has 1 aliphatic heterocycles. The highest BCUT2D eigenvalue weighted by Gasteiger charge is 2.47. The first kappa shape index (κ1) is 25.1. The third kappa shape index (κ3) is 4.29. The van der Waals surface area contributed by atoms with Crippen molar-refractivity contribution < 1.29 is 33.6 Å². The Morgan fingerprint density at radius 1 is 1.17 bits per heavy atom. The zero-order chi connectivity index (χ0) is 25.6. The summed E-state index contributed by atoms with van der Waals surface area (Å²) in [4.78, 5) is 0.